The van der Waals surface area contributed by atoms with Crippen molar-refractivity contribution in [3.8, 4) is 5.75 Å². The molecule has 0 unspecified atom stereocenters. The molecule has 0 aliphatic carbocycles. The number of methoxy groups -OCH3 is 1. The zero-order valence-electron chi connectivity index (χ0n) is 19.4. The number of halogens is 1. The number of rotatable bonds is 12. The quantitative estimate of drug-likeness (QED) is 0.146. The summed E-state index contributed by atoms with van der Waals surface area (Å²) in [7, 11) is 1.70. The standard InChI is InChI=1S/C25H33N5O2.HI/c1-3-26-25(29-22-11-7-12-23(19-22)32-18-8-17-31-2)28-14-13-24-27-15-16-30(24)20-21-9-5-4-6-10-21;/h4-7,9-12,15-16,19H,3,8,13-14,17-18,20H2,1-2H3,(H2,26,28,29);1H. The maximum absolute atomic E-state index is 5.79. The lowest BCUT2D eigenvalue weighted by atomic mass is 10.2. The van der Waals surface area contributed by atoms with Crippen molar-refractivity contribution in [2.24, 2.45) is 4.99 Å². The second-order valence-electron chi connectivity index (χ2n) is 7.32. The monoisotopic (exact) mass is 563 g/mol. The molecule has 3 rings (SSSR count). The van der Waals surface area contributed by atoms with Gasteiger partial charge >= 0.3 is 0 Å². The van der Waals surface area contributed by atoms with Crippen LogP contribution in [0.4, 0.5) is 5.69 Å². The average Bonchev–Trinajstić information content (AvgIpc) is 3.24. The highest BCUT2D eigenvalue weighted by Gasteiger charge is 2.05. The van der Waals surface area contributed by atoms with Crippen molar-refractivity contribution in [2.75, 3.05) is 38.7 Å². The Hall–Kier alpha value is -2.59. The Morgan fingerprint density at radius 3 is 2.73 bits per heavy atom. The van der Waals surface area contributed by atoms with Gasteiger partial charge in [0.05, 0.1) is 6.61 Å². The van der Waals surface area contributed by atoms with Crippen LogP contribution in [0.1, 0.15) is 24.7 Å². The fourth-order valence-corrected chi connectivity index (χ4v) is 3.26. The van der Waals surface area contributed by atoms with Crippen molar-refractivity contribution < 1.29 is 9.47 Å². The van der Waals surface area contributed by atoms with Crippen molar-refractivity contribution in [3.63, 3.8) is 0 Å². The van der Waals surface area contributed by atoms with Gasteiger partial charge in [-0.15, -0.1) is 24.0 Å². The van der Waals surface area contributed by atoms with Gasteiger partial charge in [0.2, 0.25) is 0 Å². The number of anilines is 1. The second kappa shape index (κ2) is 15.3. The maximum Gasteiger partial charge on any atom is 0.195 e. The molecule has 33 heavy (non-hydrogen) atoms. The average molecular weight is 563 g/mol. The number of hydrogen-bond donors (Lipinski definition) is 2. The van der Waals surface area contributed by atoms with Gasteiger partial charge < -0.3 is 24.7 Å². The Balaban J connectivity index is 0.00000385. The van der Waals surface area contributed by atoms with E-state index in [9.17, 15) is 0 Å². The fraction of sp³-hybridized carbons (Fsp3) is 0.360. The first-order valence-electron chi connectivity index (χ1n) is 11.1. The van der Waals surface area contributed by atoms with E-state index in [2.05, 4.69) is 51.4 Å². The molecule has 0 saturated heterocycles. The Labute approximate surface area is 213 Å². The predicted molar refractivity (Wildman–Crippen MR) is 145 cm³/mol. The first-order valence-corrected chi connectivity index (χ1v) is 11.1. The van der Waals surface area contributed by atoms with Crippen molar-refractivity contribution in [2.45, 2.75) is 26.3 Å². The van der Waals surface area contributed by atoms with Crippen LogP contribution in [0, 0.1) is 0 Å². The predicted octanol–water partition coefficient (Wildman–Crippen LogP) is 4.58. The lowest BCUT2D eigenvalue weighted by Crippen LogP contribution is -2.31. The Kier molecular flexibility index (Phi) is 12.3. The van der Waals surface area contributed by atoms with E-state index >= 15 is 0 Å². The zero-order chi connectivity index (χ0) is 22.4. The zero-order valence-corrected chi connectivity index (χ0v) is 21.7. The van der Waals surface area contributed by atoms with Crippen LogP contribution < -0.4 is 15.4 Å². The van der Waals surface area contributed by atoms with Gasteiger partial charge in [-0.2, -0.15) is 0 Å². The Morgan fingerprint density at radius 2 is 1.94 bits per heavy atom. The van der Waals surface area contributed by atoms with Crippen LogP contribution in [-0.2, 0) is 17.7 Å². The molecule has 3 aromatic rings. The van der Waals surface area contributed by atoms with Crippen LogP contribution in [0.2, 0.25) is 0 Å². The summed E-state index contributed by atoms with van der Waals surface area (Å²) in [5.41, 5.74) is 2.19. The summed E-state index contributed by atoms with van der Waals surface area (Å²) in [5, 5.41) is 6.66. The number of ether oxygens (including phenoxy) is 2. The smallest absolute Gasteiger partial charge is 0.195 e. The van der Waals surface area contributed by atoms with Gasteiger partial charge in [-0.1, -0.05) is 36.4 Å². The number of guanidine groups is 1. The number of imidazole rings is 1. The lowest BCUT2D eigenvalue weighted by molar-refractivity contribution is 0.172. The third kappa shape index (κ3) is 9.43. The fourth-order valence-electron chi connectivity index (χ4n) is 3.26. The molecule has 7 nitrogen and oxygen atoms in total. The number of aliphatic imine (C=N–C) groups is 1. The van der Waals surface area contributed by atoms with Gasteiger partial charge in [0, 0.05) is 70.3 Å². The number of benzene rings is 2. The molecule has 1 heterocycles. The van der Waals surface area contributed by atoms with E-state index in [4.69, 9.17) is 14.5 Å². The number of nitrogens with zero attached hydrogens (tertiary/aromatic N) is 3. The molecule has 0 spiro atoms. The summed E-state index contributed by atoms with van der Waals surface area (Å²) in [6.45, 7) is 5.60. The highest BCUT2D eigenvalue weighted by atomic mass is 127. The van der Waals surface area contributed by atoms with Crippen LogP contribution >= 0.6 is 24.0 Å². The molecule has 0 aliphatic heterocycles. The molecule has 1 aromatic heterocycles. The van der Waals surface area contributed by atoms with Crippen LogP contribution in [0.5, 0.6) is 5.75 Å². The van der Waals surface area contributed by atoms with Gasteiger partial charge in [-0.25, -0.2) is 4.98 Å². The van der Waals surface area contributed by atoms with E-state index < -0.39 is 0 Å². The molecule has 0 bridgehead atoms. The van der Waals surface area contributed by atoms with Crippen molar-refractivity contribution >= 4 is 35.6 Å². The van der Waals surface area contributed by atoms with Crippen molar-refractivity contribution in [3.05, 3.63) is 78.4 Å². The lowest BCUT2D eigenvalue weighted by Gasteiger charge is -2.13. The van der Waals surface area contributed by atoms with Crippen molar-refractivity contribution in [1.29, 1.82) is 0 Å². The molecular weight excluding hydrogens is 529 g/mol. The Bertz CT molecular complexity index is 962. The van der Waals surface area contributed by atoms with E-state index in [-0.39, 0.29) is 24.0 Å². The maximum atomic E-state index is 5.79. The van der Waals surface area contributed by atoms with Gasteiger partial charge in [0.1, 0.15) is 11.6 Å². The third-order valence-corrected chi connectivity index (χ3v) is 4.81. The molecule has 2 N–H and O–H groups in total. The van der Waals surface area contributed by atoms with Gasteiger partial charge in [-0.05, 0) is 24.6 Å². The molecule has 8 heteroatoms. The first-order chi connectivity index (χ1) is 15.8. The molecule has 178 valence electrons. The summed E-state index contributed by atoms with van der Waals surface area (Å²) in [6, 6.07) is 18.3. The van der Waals surface area contributed by atoms with Crippen molar-refractivity contribution in [1.82, 2.24) is 14.9 Å². The molecule has 2 aromatic carbocycles. The summed E-state index contributed by atoms with van der Waals surface area (Å²) >= 11 is 0. The van der Waals surface area contributed by atoms with E-state index in [1.54, 1.807) is 7.11 Å². The molecule has 0 radical (unpaired) electrons. The van der Waals surface area contributed by atoms with E-state index in [0.29, 0.717) is 19.8 Å². The van der Waals surface area contributed by atoms with E-state index in [1.165, 1.54) is 5.56 Å². The molecule has 0 saturated carbocycles. The summed E-state index contributed by atoms with van der Waals surface area (Å²) in [5.74, 6) is 2.59. The minimum absolute atomic E-state index is 0. The van der Waals surface area contributed by atoms with Crippen LogP contribution in [0.25, 0.3) is 0 Å². The molecule has 0 fully saturated rings. The highest BCUT2D eigenvalue weighted by molar-refractivity contribution is 14.0. The number of nitrogens with one attached hydrogen (secondary N) is 2. The van der Waals surface area contributed by atoms with Crippen LogP contribution in [0.3, 0.4) is 0 Å². The summed E-state index contributed by atoms with van der Waals surface area (Å²) < 4.78 is 13.0. The number of hydrogen-bond acceptors (Lipinski definition) is 4. The number of aromatic nitrogens is 2. The second-order valence-corrected chi connectivity index (χ2v) is 7.32. The van der Waals surface area contributed by atoms with Gasteiger partial charge in [-0.3, -0.25) is 4.99 Å². The van der Waals surface area contributed by atoms with E-state index in [1.807, 2.05) is 42.7 Å². The molecular formula is C25H34IN5O2. The summed E-state index contributed by atoms with van der Waals surface area (Å²) in [4.78, 5) is 9.25. The van der Waals surface area contributed by atoms with Gasteiger partial charge in [0.25, 0.3) is 0 Å². The Morgan fingerprint density at radius 1 is 1.09 bits per heavy atom. The minimum atomic E-state index is 0. The molecule has 0 aliphatic rings. The topological polar surface area (TPSA) is 72.7 Å². The molecule has 0 atom stereocenters. The normalized spacial score (nSPS) is 11.0. The highest BCUT2D eigenvalue weighted by Crippen LogP contribution is 2.17. The third-order valence-electron chi connectivity index (χ3n) is 4.81. The van der Waals surface area contributed by atoms with Crippen LogP contribution in [0.15, 0.2) is 72.0 Å². The van der Waals surface area contributed by atoms with Crippen LogP contribution in [-0.4, -0.2) is 48.9 Å². The summed E-state index contributed by atoms with van der Waals surface area (Å²) in [6.07, 6.45) is 5.49. The SMILES string of the molecule is CCNC(=NCCc1nccn1Cc1ccccc1)Nc1cccc(OCCCOC)c1.I. The van der Waals surface area contributed by atoms with Gasteiger partial charge in [0.15, 0.2) is 5.96 Å². The minimum Gasteiger partial charge on any atom is -0.493 e. The largest absolute Gasteiger partial charge is 0.493 e. The molecule has 0 amide bonds. The van der Waals surface area contributed by atoms with E-state index in [0.717, 1.165) is 49.2 Å². The first kappa shape index (κ1) is 26.7.